The Morgan fingerprint density at radius 2 is 2.00 bits per heavy atom. The van der Waals surface area contributed by atoms with Crippen LogP contribution in [0.1, 0.15) is 25.0 Å². The van der Waals surface area contributed by atoms with Crippen LogP contribution < -0.4 is 10.2 Å². The van der Waals surface area contributed by atoms with Gasteiger partial charge in [0.05, 0.1) is 5.56 Å². The van der Waals surface area contributed by atoms with Crippen molar-refractivity contribution in [1.29, 1.82) is 0 Å². The number of rotatable bonds is 3. The molecule has 3 rings (SSSR count). The second-order valence-corrected chi connectivity index (χ2v) is 5.94. The van der Waals surface area contributed by atoms with Gasteiger partial charge in [-0.3, -0.25) is 0 Å². The number of halogens is 4. The molecule has 1 aromatic carbocycles. The van der Waals surface area contributed by atoms with E-state index in [0.717, 1.165) is 11.6 Å². The Bertz CT molecular complexity index is 815. The van der Waals surface area contributed by atoms with Crippen LogP contribution in [-0.4, -0.2) is 22.6 Å². The van der Waals surface area contributed by atoms with Crippen LogP contribution in [0.25, 0.3) is 6.08 Å². The lowest BCUT2D eigenvalue weighted by Crippen LogP contribution is -2.33. The maximum absolute atomic E-state index is 13.4. The van der Waals surface area contributed by atoms with Gasteiger partial charge >= 0.3 is 6.18 Å². The molecule has 0 bridgehead atoms. The molecular weight excluding hydrogens is 336 g/mol. The molecule has 0 radical (unpaired) electrons. The van der Waals surface area contributed by atoms with Crippen molar-refractivity contribution in [2.45, 2.75) is 26.1 Å². The first-order chi connectivity index (χ1) is 11.8. The standard InChI is InChI=1S/C17H16F4N4/c1-10(2)25-7-3-4-11-9-22-16(24-15(11)25)23-12-5-6-14(18)13(8-12)17(19,20)21/h3-6,8-10H,7H2,1-2H3,(H,22,23,24). The highest BCUT2D eigenvalue weighted by Gasteiger charge is 2.34. The SMILES string of the molecule is CC(C)N1CC=Cc2cnc(Nc3ccc(F)c(C(F)(F)F)c3)nc21. The fourth-order valence-corrected chi connectivity index (χ4v) is 2.57. The molecule has 25 heavy (non-hydrogen) atoms. The Morgan fingerprint density at radius 1 is 1.24 bits per heavy atom. The summed E-state index contributed by atoms with van der Waals surface area (Å²) in [6.07, 6.45) is 0.730. The molecule has 132 valence electrons. The third-order valence-corrected chi connectivity index (χ3v) is 3.82. The molecule has 2 aromatic rings. The number of fused-ring (bicyclic) bond motifs is 1. The van der Waals surface area contributed by atoms with E-state index in [2.05, 4.69) is 15.3 Å². The van der Waals surface area contributed by atoms with Crippen molar-refractivity contribution in [2.75, 3.05) is 16.8 Å². The first-order valence-corrected chi connectivity index (χ1v) is 7.69. The molecule has 0 atom stereocenters. The quantitative estimate of drug-likeness (QED) is 0.819. The summed E-state index contributed by atoms with van der Waals surface area (Å²) in [6.45, 7) is 4.73. The molecule has 0 aliphatic carbocycles. The average molecular weight is 352 g/mol. The molecular formula is C17H16F4N4. The minimum absolute atomic E-state index is 0.0659. The third-order valence-electron chi connectivity index (χ3n) is 3.82. The van der Waals surface area contributed by atoms with Gasteiger partial charge in [0.1, 0.15) is 11.6 Å². The fourth-order valence-electron chi connectivity index (χ4n) is 2.57. The van der Waals surface area contributed by atoms with Gasteiger partial charge in [0, 0.05) is 30.0 Å². The Morgan fingerprint density at radius 3 is 2.68 bits per heavy atom. The van der Waals surface area contributed by atoms with Gasteiger partial charge in [-0.2, -0.15) is 18.2 Å². The van der Waals surface area contributed by atoms with Gasteiger partial charge in [-0.1, -0.05) is 12.2 Å². The average Bonchev–Trinajstić information content (AvgIpc) is 2.55. The summed E-state index contributed by atoms with van der Waals surface area (Å²) in [4.78, 5) is 10.6. The van der Waals surface area contributed by atoms with E-state index < -0.39 is 17.6 Å². The van der Waals surface area contributed by atoms with Crippen LogP contribution >= 0.6 is 0 Å². The zero-order valence-electron chi connectivity index (χ0n) is 13.6. The number of hydrogen-bond donors (Lipinski definition) is 1. The minimum Gasteiger partial charge on any atom is -0.350 e. The molecule has 1 N–H and O–H groups in total. The normalized spacial score (nSPS) is 14.0. The van der Waals surface area contributed by atoms with Gasteiger partial charge in [-0.15, -0.1) is 0 Å². The van der Waals surface area contributed by atoms with Crippen molar-refractivity contribution in [3.8, 4) is 0 Å². The van der Waals surface area contributed by atoms with E-state index in [1.165, 1.54) is 6.07 Å². The van der Waals surface area contributed by atoms with Crippen LogP contribution in [0.4, 0.5) is 35.0 Å². The molecule has 0 unspecified atom stereocenters. The highest BCUT2D eigenvalue weighted by molar-refractivity contribution is 5.69. The Kier molecular flexibility index (Phi) is 4.36. The highest BCUT2D eigenvalue weighted by Crippen LogP contribution is 2.34. The van der Waals surface area contributed by atoms with Crippen molar-refractivity contribution in [2.24, 2.45) is 0 Å². The summed E-state index contributed by atoms with van der Waals surface area (Å²) >= 11 is 0. The van der Waals surface area contributed by atoms with Crippen LogP contribution in [-0.2, 0) is 6.18 Å². The zero-order chi connectivity index (χ0) is 18.2. The summed E-state index contributed by atoms with van der Waals surface area (Å²) < 4.78 is 51.8. The van der Waals surface area contributed by atoms with Gasteiger partial charge in [-0.25, -0.2) is 9.37 Å². The molecule has 8 heteroatoms. The van der Waals surface area contributed by atoms with E-state index in [4.69, 9.17) is 0 Å². The second-order valence-electron chi connectivity index (χ2n) is 5.94. The van der Waals surface area contributed by atoms with Gasteiger partial charge in [-0.05, 0) is 32.0 Å². The fraction of sp³-hybridized carbons (Fsp3) is 0.294. The van der Waals surface area contributed by atoms with E-state index in [1.807, 2.05) is 30.9 Å². The predicted molar refractivity (Wildman–Crippen MR) is 88.2 cm³/mol. The van der Waals surface area contributed by atoms with E-state index in [0.29, 0.717) is 18.4 Å². The number of nitrogens with one attached hydrogen (secondary N) is 1. The lowest BCUT2D eigenvalue weighted by atomic mass is 10.1. The summed E-state index contributed by atoms with van der Waals surface area (Å²) in [7, 11) is 0. The van der Waals surface area contributed by atoms with E-state index in [-0.39, 0.29) is 17.7 Å². The zero-order valence-corrected chi connectivity index (χ0v) is 13.6. The van der Waals surface area contributed by atoms with E-state index >= 15 is 0 Å². The summed E-state index contributed by atoms with van der Waals surface area (Å²) in [5, 5.41) is 2.71. The molecule has 1 aromatic heterocycles. The maximum Gasteiger partial charge on any atom is 0.419 e. The second kappa shape index (κ2) is 6.34. The number of aromatic nitrogens is 2. The number of alkyl halides is 3. The molecule has 0 spiro atoms. The van der Waals surface area contributed by atoms with Crippen LogP contribution in [0.2, 0.25) is 0 Å². The molecule has 0 amide bonds. The van der Waals surface area contributed by atoms with Crippen molar-refractivity contribution in [3.63, 3.8) is 0 Å². The van der Waals surface area contributed by atoms with Crippen molar-refractivity contribution in [1.82, 2.24) is 9.97 Å². The number of benzene rings is 1. The molecule has 0 fully saturated rings. The third kappa shape index (κ3) is 3.57. The van der Waals surface area contributed by atoms with E-state index in [9.17, 15) is 17.6 Å². The van der Waals surface area contributed by atoms with Crippen LogP contribution in [0.3, 0.4) is 0 Å². The van der Waals surface area contributed by atoms with Gasteiger partial charge in [0.15, 0.2) is 0 Å². The Labute approximate surface area is 142 Å². The number of hydrogen-bond acceptors (Lipinski definition) is 4. The van der Waals surface area contributed by atoms with Crippen molar-refractivity contribution in [3.05, 3.63) is 47.4 Å². The lowest BCUT2D eigenvalue weighted by molar-refractivity contribution is -0.139. The largest absolute Gasteiger partial charge is 0.419 e. The maximum atomic E-state index is 13.4. The smallest absolute Gasteiger partial charge is 0.350 e. The van der Waals surface area contributed by atoms with Gasteiger partial charge in [0.25, 0.3) is 0 Å². The summed E-state index contributed by atoms with van der Waals surface area (Å²) in [5.74, 6) is -0.465. The molecule has 1 aliphatic heterocycles. The summed E-state index contributed by atoms with van der Waals surface area (Å²) in [6, 6.07) is 2.90. The lowest BCUT2D eigenvalue weighted by Gasteiger charge is -2.30. The Hall–Kier alpha value is -2.64. The summed E-state index contributed by atoms with van der Waals surface area (Å²) in [5.41, 5.74) is -0.432. The number of anilines is 3. The van der Waals surface area contributed by atoms with Crippen LogP contribution in [0.5, 0.6) is 0 Å². The Balaban J connectivity index is 1.92. The van der Waals surface area contributed by atoms with Crippen molar-refractivity contribution < 1.29 is 17.6 Å². The van der Waals surface area contributed by atoms with Gasteiger partial charge in [0.2, 0.25) is 5.95 Å². The first kappa shape index (κ1) is 17.2. The van der Waals surface area contributed by atoms with Crippen LogP contribution in [0, 0.1) is 5.82 Å². The van der Waals surface area contributed by atoms with Crippen molar-refractivity contribution >= 4 is 23.5 Å². The van der Waals surface area contributed by atoms with E-state index in [1.54, 1.807) is 6.20 Å². The topological polar surface area (TPSA) is 41.1 Å². The van der Waals surface area contributed by atoms with Gasteiger partial charge < -0.3 is 10.2 Å². The molecule has 0 saturated heterocycles. The molecule has 1 aliphatic rings. The monoisotopic (exact) mass is 352 g/mol. The first-order valence-electron chi connectivity index (χ1n) is 7.69. The molecule has 0 saturated carbocycles. The van der Waals surface area contributed by atoms with Crippen LogP contribution in [0.15, 0.2) is 30.5 Å². The number of nitrogens with zero attached hydrogens (tertiary/aromatic N) is 3. The molecule has 2 heterocycles. The molecule has 4 nitrogen and oxygen atoms in total. The highest BCUT2D eigenvalue weighted by atomic mass is 19.4. The predicted octanol–water partition coefficient (Wildman–Crippen LogP) is 4.62. The minimum atomic E-state index is -4.77.